The van der Waals surface area contributed by atoms with Gasteiger partial charge in [0.2, 0.25) is 0 Å². The second kappa shape index (κ2) is 10.4. The van der Waals surface area contributed by atoms with Gasteiger partial charge in [0.1, 0.15) is 12.4 Å². The summed E-state index contributed by atoms with van der Waals surface area (Å²) in [6.07, 6.45) is -5.08. The van der Waals surface area contributed by atoms with E-state index >= 15 is 0 Å². The summed E-state index contributed by atoms with van der Waals surface area (Å²) in [7, 11) is 0. The molecule has 37 heavy (non-hydrogen) atoms. The van der Waals surface area contributed by atoms with E-state index in [4.69, 9.17) is 4.74 Å². The van der Waals surface area contributed by atoms with E-state index in [0.29, 0.717) is 16.7 Å². The molecule has 0 saturated heterocycles. The molecule has 0 aliphatic heterocycles. The van der Waals surface area contributed by atoms with Crippen LogP contribution in [-0.2, 0) is 11.4 Å². The van der Waals surface area contributed by atoms with Crippen LogP contribution in [0.2, 0.25) is 0 Å². The number of carbonyl (C=O) groups excluding carboxylic acids is 1. The largest absolute Gasteiger partial charge is 0.486 e. The average molecular weight is 511 g/mol. The Bertz CT molecular complexity index is 1450. The Morgan fingerprint density at radius 1 is 0.784 bits per heavy atom. The van der Waals surface area contributed by atoms with Crippen LogP contribution in [0.25, 0.3) is 22.3 Å². The van der Waals surface area contributed by atoms with Crippen molar-refractivity contribution >= 4 is 11.6 Å². The SMILES string of the molecule is Cc1cc(-c2ccc(NC(=O)C(F)(F)F)cc2F)c(C)cc1-c1ccc(OCc2ccccc2)c(F)c1. The Hall–Kier alpha value is -4.20. The first-order chi connectivity index (χ1) is 17.5. The second-order valence-corrected chi connectivity index (χ2v) is 8.55. The summed E-state index contributed by atoms with van der Waals surface area (Å²) < 4.78 is 72.6. The smallest absolute Gasteiger partial charge is 0.471 e. The number of ether oxygens (including phenoxy) is 1. The van der Waals surface area contributed by atoms with Gasteiger partial charge in [-0.2, -0.15) is 13.2 Å². The molecular weight excluding hydrogens is 489 g/mol. The van der Waals surface area contributed by atoms with Crippen molar-refractivity contribution in [2.24, 2.45) is 0 Å². The van der Waals surface area contributed by atoms with Crippen molar-refractivity contribution in [3.05, 3.63) is 107 Å². The summed E-state index contributed by atoms with van der Waals surface area (Å²) in [5.74, 6) is -3.36. The molecule has 0 bridgehead atoms. The van der Waals surface area contributed by atoms with Crippen molar-refractivity contribution in [2.75, 3.05) is 5.32 Å². The normalized spacial score (nSPS) is 11.3. The van der Waals surface area contributed by atoms with E-state index < -0.39 is 23.7 Å². The Kier molecular flexibility index (Phi) is 7.29. The zero-order valence-electron chi connectivity index (χ0n) is 19.9. The lowest BCUT2D eigenvalue weighted by molar-refractivity contribution is -0.167. The summed E-state index contributed by atoms with van der Waals surface area (Å²) in [5, 5.41) is 1.64. The van der Waals surface area contributed by atoms with Crippen molar-refractivity contribution in [1.29, 1.82) is 0 Å². The van der Waals surface area contributed by atoms with E-state index in [2.05, 4.69) is 0 Å². The maximum Gasteiger partial charge on any atom is 0.471 e. The van der Waals surface area contributed by atoms with Crippen LogP contribution in [0.5, 0.6) is 5.75 Å². The van der Waals surface area contributed by atoms with Gasteiger partial charge in [0.05, 0.1) is 0 Å². The summed E-state index contributed by atoms with van der Waals surface area (Å²) in [4.78, 5) is 11.1. The Morgan fingerprint density at radius 2 is 1.46 bits per heavy atom. The minimum absolute atomic E-state index is 0.123. The molecule has 190 valence electrons. The van der Waals surface area contributed by atoms with E-state index in [1.807, 2.05) is 30.3 Å². The molecule has 4 aromatic carbocycles. The van der Waals surface area contributed by atoms with Gasteiger partial charge in [0.25, 0.3) is 0 Å². The minimum atomic E-state index is -5.08. The van der Waals surface area contributed by atoms with Crippen LogP contribution >= 0.6 is 0 Å². The Balaban J connectivity index is 1.57. The molecule has 0 spiro atoms. The Morgan fingerprint density at radius 3 is 2.11 bits per heavy atom. The molecule has 0 unspecified atom stereocenters. The third-order valence-corrected chi connectivity index (χ3v) is 5.83. The molecule has 3 nitrogen and oxygen atoms in total. The van der Waals surface area contributed by atoms with Gasteiger partial charge in [0.15, 0.2) is 11.6 Å². The topological polar surface area (TPSA) is 38.3 Å². The van der Waals surface area contributed by atoms with Crippen LogP contribution in [0.1, 0.15) is 16.7 Å². The molecule has 8 heteroatoms. The molecule has 0 radical (unpaired) electrons. The standard InChI is InChI=1S/C29H22F5NO2/c1-17-13-24(22-10-9-21(15-25(22)30)35-28(36)29(32,33)34)18(2)12-23(17)20-8-11-27(26(31)14-20)37-16-19-6-4-3-5-7-19/h3-15H,16H2,1-2H3,(H,35,36). The first kappa shape index (κ1) is 25.9. The first-order valence-electron chi connectivity index (χ1n) is 11.3. The zero-order valence-corrected chi connectivity index (χ0v) is 19.9. The van der Waals surface area contributed by atoms with E-state index in [1.165, 1.54) is 18.2 Å². The zero-order chi connectivity index (χ0) is 26.7. The van der Waals surface area contributed by atoms with Gasteiger partial charge in [-0.15, -0.1) is 0 Å². The molecule has 0 heterocycles. The molecule has 0 fully saturated rings. The van der Waals surface area contributed by atoms with Gasteiger partial charge in [-0.25, -0.2) is 8.78 Å². The van der Waals surface area contributed by atoms with Crippen molar-refractivity contribution in [3.63, 3.8) is 0 Å². The lowest BCUT2D eigenvalue weighted by Crippen LogP contribution is -2.29. The lowest BCUT2D eigenvalue weighted by Gasteiger charge is -2.15. The second-order valence-electron chi connectivity index (χ2n) is 8.55. The van der Waals surface area contributed by atoms with E-state index in [1.54, 1.807) is 43.4 Å². The van der Waals surface area contributed by atoms with Crippen LogP contribution in [0, 0.1) is 25.5 Å². The van der Waals surface area contributed by atoms with Crippen LogP contribution in [0.4, 0.5) is 27.6 Å². The summed E-state index contributed by atoms with van der Waals surface area (Å²) in [5.41, 5.74) is 4.06. The number of amides is 1. The van der Waals surface area contributed by atoms with E-state index in [-0.39, 0.29) is 23.6 Å². The van der Waals surface area contributed by atoms with Gasteiger partial charge >= 0.3 is 12.1 Å². The quantitative estimate of drug-likeness (QED) is 0.267. The monoisotopic (exact) mass is 511 g/mol. The van der Waals surface area contributed by atoms with Gasteiger partial charge in [-0.3, -0.25) is 4.79 Å². The van der Waals surface area contributed by atoms with E-state index in [9.17, 15) is 26.7 Å². The number of nitrogens with one attached hydrogen (secondary N) is 1. The van der Waals surface area contributed by atoms with Crippen molar-refractivity contribution in [1.82, 2.24) is 0 Å². The first-order valence-corrected chi connectivity index (χ1v) is 11.3. The highest BCUT2D eigenvalue weighted by atomic mass is 19.4. The van der Waals surface area contributed by atoms with Crippen LogP contribution in [0.3, 0.4) is 0 Å². The number of rotatable bonds is 6. The summed E-state index contributed by atoms with van der Waals surface area (Å²) in [6, 6.07) is 20.9. The Labute approximate surface area is 210 Å². The number of anilines is 1. The number of carbonyl (C=O) groups is 1. The molecule has 0 aromatic heterocycles. The maximum absolute atomic E-state index is 14.8. The fourth-order valence-corrected chi connectivity index (χ4v) is 3.95. The fourth-order valence-electron chi connectivity index (χ4n) is 3.95. The molecule has 0 aliphatic rings. The number of halogens is 5. The highest BCUT2D eigenvalue weighted by Gasteiger charge is 2.38. The summed E-state index contributed by atoms with van der Waals surface area (Å²) >= 11 is 0. The molecule has 0 aliphatic carbocycles. The molecule has 0 saturated carbocycles. The third kappa shape index (κ3) is 5.97. The van der Waals surface area contributed by atoms with Crippen LogP contribution < -0.4 is 10.1 Å². The fraction of sp³-hybridized carbons (Fsp3) is 0.138. The molecule has 1 N–H and O–H groups in total. The predicted molar refractivity (Wildman–Crippen MR) is 132 cm³/mol. The molecular formula is C29H22F5NO2. The molecule has 1 amide bonds. The predicted octanol–water partition coefficient (Wildman–Crippen LogP) is 8.00. The number of hydrogen-bond acceptors (Lipinski definition) is 2. The molecule has 0 atom stereocenters. The molecule has 4 rings (SSSR count). The van der Waals surface area contributed by atoms with E-state index in [0.717, 1.165) is 22.8 Å². The number of benzene rings is 4. The van der Waals surface area contributed by atoms with Crippen molar-refractivity contribution < 1.29 is 31.5 Å². The highest BCUT2D eigenvalue weighted by Crippen LogP contribution is 2.35. The van der Waals surface area contributed by atoms with Crippen molar-refractivity contribution in [3.8, 4) is 28.0 Å². The number of aryl methyl sites for hydroxylation is 2. The molecule has 4 aromatic rings. The van der Waals surface area contributed by atoms with Gasteiger partial charge in [0, 0.05) is 11.3 Å². The van der Waals surface area contributed by atoms with Crippen LogP contribution in [-0.4, -0.2) is 12.1 Å². The maximum atomic E-state index is 14.8. The number of hydrogen-bond donors (Lipinski definition) is 1. The average Bonchev–Trinajstić information content (AvgIpc) is 2.85. The third-order valence-electron chi connectivity index (χ3n) is 5.83. The van der Waals surface area contributed by atoms with Crippen LogP contribution in [0.15, 0.2) is 78.9 Å². The van der Waals surface area contributed by atoms with Gasteiger partial charge in [-0.05, 0) is 77.6 Å². The number of alkyl halides is 3. The summed E-state index contributed by atoms with van der Waals surface area (Å²) in [6.45, 7) is 3.78. The van der Waals surface area contributed by atoms with Gasteiger partial charge < -0.3 is 10.1 Å². The highest BCUT2D eigenvalue weighted by molar-refractivity contribution is 5.95. The lowest BCUT2D eigenvalue weighted by atomic mass is 9.91. The minimum Gasteiger partial charge on any atom is -0.486 e. The van der Waals surface area contributed by atoms with Gasteiger partial charge in [-0.1, -0.05) is 48.5 Å². The van der Waals surface area contributed by atoms with Crippen molar-refractivity contribution in [2.45, 2.75) is 26.6 Å².